The van der Waals surface area contributed by atoms with Crippen molar-refractivity contribution in [1.82, 2.24) is 15.1 Å². The summed E-state index contributed by atoms with van der Waals surface area (Å²) in [4.78, 5) is 128. The minimum absolute atomic E-state index is 0.0331. The lowest BCUT2D eigenvalue weighted by molar-refractivity contribution is -0.157. The number of aryl methyl sites for hydroxylation is 4. The summed E-state index contributed by atoms with van der Waals surface area (Å²) >= 11 is 0. The van der Waals surface area contributed by atoms with Gasteiger partial charge < -0.3 is 33.7 Å². The largest absolute Gasteiger partial charge is 0.461 e. The summed E-state index contributed by atoms with van der Waals surface area (Å²) in [5.74, 6) is -3.38. The van der Waals surface area contributed by atoms with Crippen LogP contribution < -0.4 is 24.3 Å². The Morgan fingerprint density at radius 1 is 0.381 bits per heavy atom. The van der Waals surface area contributed by atoms with Crippen LogP contribution in [0.15, 0.2) is 182 Å². The molecule has 0 aromatic heterocycles. The summed E-state index contributed by atoms with van der Waals surface area (Å²) in [6.07, 6.45) is 3.08. The lowest BCUT2D eigenvalue weighted by atomic mass is 9.80. The molecule has 11 aromatic rings. The average Bonchev–Trinajstić information content (AvgIpc) is 0.669. The number of ether oxygens (including phenoxy) is 6. The highest BCUT2D eigenvalue weighted by Gasteiger charge is 2.49. The van der Waals surface area contributed by atoms with E-state index in [2.05, 4.69) is 73.9 Å². The predicted molar refractivity (Wildman–Crippen MR) is 460 cm³/mol. The zero-order chi connectivity index (χ0) is 83.7. The Hall–Kier alpha value is -12.2. The van der Waals surface area contributed by atoms with E-state index in [4.69, 9.17) is 28.4 Å². The molecule has 0 bridgehead atoms. The zero-order valence-corrected chi connectivity index (χ0v) is 69.7. The van der Waals surface area contributed by atoms with Crippen molar-refractivity contribution in [3.63, 3.8) is 0 Å². The fourth-order valence-electron chi connectivity index (χ4n) is 17.6. The Balaban J connectivity index is 1.07. The van der Waals surface area contributed by atoms with E-state index in [1.54, 1.807) is 98.8 Å². The normalized spacial score (nSPS) is 17.3. The van der Waals surface area contributed by atoms with Crippen molar-refractivity contribution in [3.8, 4) is 46.0 Å². The van der Waals surface area contributed by atoms with Crippen LogP contribution in [0.2, 0.25) is 0 Å². The van der Waals surface area contributed by atoms with Crippen LogP contribution in [0.4, 0.5) is 0 Å². The summed E-state index contributed by atoms with van der Waals surface area (Å²) in [5, 5.41) is 4.95. The fourth-order valence-corrected chi connectivity index (χ4v) is 17.6. The number of nitrogens with one attached hydrogen (secondary N) is 1. The molecule has 118 heavy (non-hydrogen) atoms. The maximum Gasteiger partial charge on any atom is 0.334 e. The molecule has 11 aromatic carbocycles. The molecule has 17 nitrogen and oxygen atoms in total. The number of hydrogen-bond acceptors (Lipinski definition) is 14. The number of carbonyl (C=O) groups excluding carboxylic acids is 8. The molecule has 0 radical (unpaired) electrons. The van der Waals surface area contributed by atoms with Gasteiger partial charge in [-0.25, -0.2) is 9.59 Å². The van der Waals surface area contributed by atoms with Crippen LogP contribution in [0, 0.1) is 33.6 Å². The molecule has 1 N–H and O–H groups in total. The summed E-state index contributed by atoms with van der Waals surface area (Å²) in [6, 6.07) is 43.5. The topological polar surface area (TPSA) is 210 Å². The van der Waals surface area contributed by atoms with Crippen LogP contribution in [-0.4, -0.2) is 75.3 Å². The molecule has 604 valence electrons. The highest BCUT2D eigenvalue weighted by Crippen LogP contribution is 2.59. The molecule has 0 spiro atoms. The molecule has 2 heterocycles. The number of allylic oxidation sites excluding steroid dienone is 1. The number of fused-ring (bicyclic) bond motifs is 2. The van der Waals surface area contributed by atoms with Crippen LogP contribution in [0.3, 0.4) is 0 Å². The number of rotatable bonds is 25. The summed E-state index contributed by atoms with van der Waals surface area (Å²) in [6.45, 7) is 35.6. The van der Waals surface area contributed by atoms with E-state index in [0.29, 0.717) is 78.2 Å². The van der Waals surface area contributed by atoms with Crippen molar-refractivity contribution in [2.24, 2.45) is 5.92 Å². The molecule has 15 rings (SSSR count). The van der Waals surface area contributed by atoms with E-state index >= 15 is 28.8 Å². The second kappa shape index (κ2) is 32.7. The minimum atomic E-state index is -1.68. The van der Waals surface area contributed by atoms with Crippen molar-refractivity contribution in [1.29, 1.82) is 0 Å². The monoisotopic (exact) mass is 1580 g/mol. The van der Waals surface area contributed by atoms with Gasteiger partial charge in [-0.15, -0.1) is 0 Å². The molecule has 6 unspecified atom stereocenters. The predicted octanol–water partition coefficient (Wildman–Crippen LogP) is 23.5. The van der Waals surface area contributed by atoms with Gasteiger partial charge in [0.25, 0.3) is 23.6 Å². The Morgan fingerprint density at radius 3 is 1.01 bits per heavy atom. The number of hydrogen-bond donors (Lipinski definition) is 1. The number of amides is 5. The van der Waals surface area contributed by atoms with Gasteiger partial charge in [0.2, 0.25) is 5.91 Å². The fraction of sp³-hybridized carbons (Fsp3) is 0.327. The smallest absolute Gasteiger partial charge is 0.334 e. The van der Waals surface area contributed by atoms with Gasteiger partial charge in [-0.05, 0) is 226 Å². The zero-order valence-electron chi connectivity index (χ0n) is 69.7. The highest BCUT2D eigenvalue weighted by atomic mass is 16.6. The van der Waals surface area contributed by atoms with Gasteiger partial charge in [0.1, 0.15) is 58.2 Å². The second-order valence-electron chi connectivity index (χ2n) is 34.1. The van der Waals surface area contributed by atoms with Crippen LogP contribution in [0.5, 0.6) is 46.0 Å². The SMILES string of the molecule is C=C(C)C(=O)CC1CCCC(OC(=O)C(c2ccccc2)N2C(=O)c3cc(Oc4ccc(C(C)C)cc4C)c4c5c(Oc6ccc(C(C)C)cc6C)cc6c7c(cc(Oc8ccc(C(C)C)cc8C)c(c8c(Oc9ccc(C(C)C)cc9C)cc(c3c48)C2=O)c75)C(=O)N(C(C(=O)OC2CCCC(NC(=O)C(=C)C)C2)c2ccccc2)C6=O)C1. The second-order valence-corrected chi connectivity index (χ2v) is 34.1. The molecule has 17 heteroatoms. The maximum absolute atomic E-state index is 17.0. The molecule has 5 amide bonds. The van der Waals surface area contributed by atoms with Gasteiger partial charge in [0.15, 0.2) is 17.9 Å². The van der Waals surface area contributed by atoms with Crippen molar-refractivity contribution >= 4 is 90.3 Å². The maximum atomic E-state index is 17.0. The third-order valence-electron chi connectivity index (χ3n) is 24.1. The molecule has 4 aliphatic rings. The molecule has 2 saturated carbocycles. The molecular weight excluding hydrogens is 1480 g/mol. The van der Waals surface area contributed by atoms with E-state index < -0.39 is 59.9 Å². The number of esters is 2. The van der Waals surface area contributed by atoms with E-state index in [1.165, 1.54) is 0 Å². The van der Waals surface area contributed by atoms with Gasteiger partial charge in [0.05, 0.1) is 22.3 Å². The van der Waals surface area contributed by atoms with E-state index in [9.17, 15) is 9.59 Å². The first kappa shape index (κ1) is 80.9. The Kier molecular flexibility index (Phi) is 22.4. The molecular formula is C101H101N3O14. The Labute approximate surface area is 689 Å². The van der Waals surface area contributed by atoms with Crippen LogP contribution in [0.1, 0.15) is 260 Å². The highest BCUT2D eigenvalue weighted by molar-refractivity contribution is 6.45. The van der Waals surface area contributed by atoms with Crippen molar-refractivity contribution in [2.45, 2.75) is 209 Å². The number of nitrogens with zero attached hydrogens (tertiary/aromatic N) is 2. The first-order chi connectivity index (χ1) is 56.4. The first-order valence-corrected chi connectivity index (χ1v) is 41.3. The summed E-state index contributed by atoms with van der Waals surface area (Å²) in [7, 11) is 0. The number of Topliss-reactive ketones (excluding diaryl/α,β-unsaturated/α-hetero) is 1. The standard InChI is InChI=1S/C101H101N3O14/c1-52(2)65-33-37-77(58(13)41-65)115-81-48-72-85-73(97(108)103(96(72)107)93(63-26-19-17-20-27-63)100(111)113-70-31-23-25-62(45-70)46-76(105)56(9)10)49-82(116-78-38-34-66(53(3)4)42-59(78)14)88-90-84(118-80-40-36-68(55(7)8)44-61(80)16)51-75-86-74(50-83(89(92(86)90)87(81)91(85)88)117-79-39-35-67(54(5)6)43-60(79)15)98(109)104(99(75)110)94(64-28-21-18-22-29-64)101(112)114-71-32-24-30-69(47-71)102-95(106)57(11)12/h17-22,26-29,33-44,48-55,62,69-71,93-94H,9,11,23-25,30-32,45-47H2,1-8,10,12-16H3,(H,102,106). The van der Waals surface area contributed by atoms with Gasteiger partial charge in [-0.1, -0.05) is 178 Å². The van der Waals surface area contributed by atoms with Crippen LogP contribution >= 0.6 is 0 Å². The summed E-state index contributed by atoms with van der Waals surface area (Å²) in [5.41, 5.74) is 8.24. The third-order valence-corrected chi connectivity index (χ3v) is 24.1. The number of carbonyl (C=O) groups is 8. The van der Waals surface area contributed by atoms with E-state index in [0.717, 1.165) is 60.7 Å². The third kappa shape index (κ3) is 15.3. The number of imide groups is 2. The van der Waals surface area contributed by atoms with Gasteiger partial charge >= 0.3 is 11.9 Å². The molecule has 2 aliphatic carbocycles. The Morgan fingerprint density at radius 2 is 0.703 bits per heavy atom. The summed E-state index contributed by atoms with van der Waals surface area (Å²) < 4.78 is 43.4. The molecule has 2 aliphatic heterocycles. The minimum Gasteiger partial charge on any atom is -0.461 e. The number of benzene rings is 11. The molecule has 6 atom stereocenters. The van der Waals surface area contributed by atoms with Crippen molar-refractivity contribution in [3.05, 3.63) is 260 Å². The van der Waals surface area contributed by atoms with E-state index in [1.807, 2.05) is 100 Å². The van der Waals surface area contributed by atoms with Crippen molar-refractivity contribution in [2.75, 3.05) is 0 Å². The van der Waals surface area contributed by atoms with Gasteiger partial charge in [0, 0.05) is 67.5 Å². The first-order valence-electron chi connectivity index (χ1n) is 41.3. The lowest BCUT2D eigenvalue weighted by Gasteiger charge is -2.37. The lowest BCUT2D eigenvalue weighted by Crippen LogP contribution is -2.47. The number of ketones is 1. The quantitative estimate of drug-likeness (QED) is 0.0186. The molecule has 2 fully saturated rings. The van der Waals surface area contributed by atoms with Crippen molar-refractivity contribution < 1.29 is 66.8 Å². The van der Waals surface area contributed by atoms with Gasteiger partial charge in [-0.2, -0.15) is 0 Å². The Bertz CT molecular complexity index is 5360. The van der Waals surface area contributed by atoms with E-state index in [-0.39, 0.29) is 154 Å². The molecule has 0 saturated heterocycles. The average molecular weight is 1580 g/mol. The van der Waals surface area contributed by atoms with Crippen LogP contribution in [-0.2, 0) is 28.7 Å². The van der Waals surface area contributed by atoms with Crippen LogP contribution in [0.25, 0.3) is 43.1 Å². The van der Waals surface area contributed by atoms with Gasteiger partial charge in [-0.3, -0.25) is 38.6 Å².